The van der Waals surface area contributed by atoms with Crippen molar-refractivity contribution in [1.82, 2.24) is 5.32 Å². The van der Waals surface area contributed by atoms with Gasteiger partial charge in [0.15, 0.2) is 0 Å². The summed E-state index contributed by atoms with van der Waals surface area (Å²) in [6.45, 7) is 4.76. The molecule has 0 saturated heterocycles. The number of ether oxygens (including phenoxy) is 1. The molecular weight excluding hydrogens is 258 g/mol. The van der Waals surface area contributed by atoms with Gasteiger partial charge < -0.3 is 15.2 Å². The molecule has 2 N–H and O–H groups in total. The van der Waals surface area contributed by atoms with E-state index in [1.54, 1.807) is 24.3 Å². The molecule has 0 radical (unpaired) electrons. The van der Waals surface area contributed by atoms with Crippen LogP contribution >= 0.6 is 0 Å². The highest BCUT2D eigenvalue weighted by atomic mass is 16.5. The van der Waals surface area contributed by atoms with Crippen LogP contribution in [0.3, 0.4) is 0 Å². The van der Waals surface area contributed by atoms with Gasteiger partial charge in [0.1, 0.15) is 0 Å². The molecule has 1 rings (SSSR count). The Morgan fingerprint density at radius 1 is 1.40 bits per heavy atom. The van der Waals surface area contributed by atoms with Crippen LogP contribution in [0.5, 0.6) is 0 Å². The molecule has 0 atom stereocenters. The molecule has 5 nitrogen and oxygen atoms in total. The molecule has 0 aliphatic rings. The van der Waals surface area contributed by atoms with Gasteiger partial charge in [0.05, 0.1) is 12.7 Å². The average molecular weight is 277 g/mol. The SMILES string of the molecule is CC(C)OCCNC(=O)c1cccc(/C=C/C(=O)O)c1. The van der Waals surface area contributed by atoms with E-state index in [-0.39, 0.29) is 12.0 Å². The molecule has 0 fully saturated rings. The minimum absolute atomic E-state index is 0.136. The van der Waals surface area contributed by atoms with E-state index in [0.717, 1.165) is 6.08 Å². The van der Waals surface area contributed by atoms with E-state index in [1.165, 1.54) is 6.08 Å². The van der Waals surface area contributed by atoms with Crippen molar-refractivity contribution in [2.45, 2.75) is 20.0 Å². The van der Waals surface area contributed by atoms with E-state index in [9.17, 15) is 9.59 Å². The molecule has 0 aliphatic heterocycles. The van der Waals surface area contributed by atoms with Crippen molar-refractivity contribution in [3.63, 3.8) is 0 Å². The van der Waals surface area contributed by atoms with Crippen LogP contribution < -0.4 is 5.32 Å². The smallest absolute Gasteiger partial charge is 0.328 e. The highest BCUT2D eigenvalue weighted by Gasteiger charge is 2.05. The maximum absolute atomic E-state index is 11.9. The zero-order valence-electron chi connectivity index (χ0n) is 11.6. The zero-order chi connectivity index (χ0) is 15.0. The van der Waals surface area contributed by atoms with E-state index in [4.69, 9.17) is 9.84 Å². The van der Waals surface area contributed by atoms with Gasteiger partial charge in [-0.2, -0.15) is 0 Å². The van der Waals surface area contributed by atoms with E-state index in [1.807, 2.05) is 13.8 Å². The first-order valence-electron chi connectivity index (χ1n) is 6.40. The molecule has 0 spiro atoms. The van der Waals surface area contributed by atoms with Crippen molar-refractivity contribution >= 4 is 18.0 Å². The molecule has 0 saturated carbocycles. The third kappa shape index (κ3) is 6.15. The van der Waals surface area contributed by atoms with Crippen molar-refractivity contribution in [3.05, 3.63) is 41.5 Å². The Labute approximate surface area is 118 Å². The molecular formula is C15H19NO4. The summed E-state index contributed by atoms with van der Waals surface area (Å²) >= 11 is 0. The minimum Gasteiger partial charge on any atom is -0.478 e. The van der Waals surface area contributed by atoms with E-state index >= 15 is 0 Å². The van der Waals surface area contributed by atoms with Crippen LogP contribution in [0.2, 0.25) is 0 Å². The van der Waals surface area contributed by atoms with E-state index < -0.39 is 5.97 Å². The molecule has 20 heavy (non-hydrogen) atoms. The summed E-state index contributed by atoms with van der Waals surface area (Å²) in [4.78, 5) is 22.3. The molecule has 0 aromatic heterocycles. The molecule has 0 aliphatic carbocycles. The number of aliphatic carboxylic acids is 1. The summed E-state index contributed by atoms with van der Waals surface area (Å²) in [5, 5.41) is 11.3. The lowest BCUT2D eigenvalue weighted by Gasteiger charge is -2.09. The molecule has 0 bridgehead atoms. The van der Waals surface area contributed by atoms with Gasteiger partial charge >= 0.3 is 5.97 Å². The fourth-order valence-corrected chi connectivity index (χ4v) is 1.51. The van der Waals surface area contributed by atoms with Gasteiger partial charge in [-0.1, -0.05) is 12.1 Å². The predicted octanol–water partition coefficient (Wildman–Crippen LogP) is 1.94. The normalized spacial score (nSPS) is 10.9. The number of carboxylic acids is 1. The number of amides is 1. The van der Waals surface area contributed by atoms with Gasteiger partial charge in [-0.25, -0.2) is 4.79 Å². The number of hydrogen-bond acceptors (Lipinski definition) is 3. The second-order valence-electron chi connectivity index (χ2n) is 4.47. The van der Waals surface area contributed by atoms with Crippen LogP contribution in [0.25, 0.3) is 6.08 Å². The van der Waals surface area contributed by atoms with Gasteiger partial charge in [0.25, 0.3) is 5.91 Å². The second-order valence-corrected chi connectivity index (χ2v) is 4.47. The summed E-state index contributed by atoms with van der Waals surface area (Å²) in [5.74, 6) is -1.23. The van der Waals surface area contributed by atoms with Crippen molar-refractivity contribution < 1.29 is 19.4 Å². The number of carbonyl (C=O) groups excluding carboxylic acids is 1. The molecule has 5 heteroatoms. The van der Waals surface area contributed by atoms with Crippen LogP contribution in [0.4, 0.5) is 0 Å². The Bertz CT molecular complexity index is 494. The lowest BCUT2D eigenvalue weighted by Crippen LogP contribution is -2.28. The first kappa shape index (κ1) is 15.9. The topological polar surface area (TPSA) is 75.6 Å². The lowest BCUT2D eigenvalue weighted by atomic mass is 10.1. The number of carbonyl (C=O) groups is 2. The molecule has 108 valence electrons. The highest BCUT2D eigenvalue weighted by Crippen LogP contribution is 2.07. The Hall–Kier alpha value is -2.14. The first-order chi connectivity index (χ1) is 9.49. The van der Waals surface area contributed by atoms with Crippen LogP contribution in [0.1, 0.15) is 29.8 Å². The molecule has 0 unspecified atom stereocenters. The summed E-state index contributed by atoms with van der Waals surface area (Å²) in [6, 6.07) is 6.76. The van der Waals surface area contributed by atoms with Gasteiger partial charge in [-0.15, -0.1) is 0 Å². The average Bonchev–Trinajstić information content (AvgIpc) is 2.41. The monoisotopic (exact) mass is 277 g/mol. The van der Waals surface area contributed by atoms with Gasteiger partial charge in [0.2, 0.25) is 0 Å². The van der Waals surface area contributed by atoms with Crippen LogP contribution in [0, 0.1) is 0 Å². The highest BCUT2D eigenvalue weighted by molar-refractivity contribution is 5.95. The number of rotatable bonds is 7. The third-order valence-corrected chi connectivity index (χ3v) is 2.41. The zero-order valence-corrected chi connectivity index (χ0v) is 11.6. The van der Waals surface area contributed by atoms with Gasteiger partial charge in [-0.05, 0) is 37.6 Å². The second kappa shape index (κ2) is 8.12. The Balaban J connectivity index is 2.55. The summed E-state index contributed by atoms with van der Waals surface area (Å²) in [7, 11) is 0. The lowest BCUT2D eigenvalue weighted by molar-refractivity contribution is -0.131. The van der Waals surface area contributed by atoms with Gasteiger partial charge in [0, 0.05) is 18.2 Å². The van der Waals surface area contributed by atoms with Crippen molar-refractivity contribution in [2.24, 2.45) is 0 Å². The standard InChI is InChI=1S/C15H19NO4/c1-11(2)20-9-8-16-15(19)13-5-3-4-12(10-13)6-7-14(17)18/h3-7,10-11H,8-9H2,1-2H3,(H,16,19)(H,17,18)/b7-6+. The number of hydrogen-bond donors (Lipinski definition) is 2. The molecule has 0 heterocycles. The Kier molecular flexibility index (Phi) is 6.46. The quantitative estimate of drug-likeness (QED) is 0.590. The Morgan fingerprint density at radius 2 is 2.15 bits per heavy atom. The summed E-state index contributed by atoms with van der Waals surface area (Å²) in [6.07, 6.45) is 2.62. The minimum atomic E-state index is -1.02. The molecule has 1 aromatic carbocycles. The maximum atomic E-state index is 11.9. The van der Waals surface area contributed by atoms with Gasteiger partial charge in [-0.3, -0.25) is 4.79 Å². The van der Waals surface area contributed by atoms with E-state index in [2.05, 4.69) is 5.32 Å². The summed E-state index contributed by atoms with van der Waals surface area (Å²) < 4.78 is 5.33. The van der Waals surface area contributed by atoms with Crippen LogP contribution in [-0.4, -0.2) is 36.2 Å². The third-order valence-electron chi connectivity index (χ3n) is 2.41. The van der Waals surface area contributed by atoms with E-state index in [0.29, 0.717) is 24.3 Å². The largest absolute Gasteiger partial charge is 0.478 e. The fraction of sp³-hybridized carbons (Fsp3) is 0.333. The molecule has 1 aromatic rings. The fourth-order valence-electron chi connectivity index (χ4n) is 1.51. The van der Waals surface area contributed by atoms with Crippen molar-refractivity contribution in [3.8, 4) is 0 Å². The first-order valence-corrected chi connectivity index (χ1v) is 6.40. The van der Waals surface area contributed by atoms with Crippen molar-refractivity contribution in [1.29, 1.82) is 0 Å². The van der Waals surface area contributed by atoms with Crippen LogP contribution in [-0.2, 0) is 9.53 Å². The van der Waals surface area contributed by atoms with Crippen molar-refractivity contribution in [2.75, 3.05) is 13.2 Å². The maximum Gasteiger partial charge on any atom is 0.328 e. The number of carboxylic acid groups (broad SMARTS) is 1. The number of nitrogens with one attached hydrogen (secondary N) is 1. The predicted molar refractivity (Wildman–Crippen MR) is 76.5 cm³/mol. The van der Waals surface area contributed by atoms with Crippen LogP contribution in [0.15, 0.2) is 30.3 Å². The Morgan fingerprint density at radius 3 is 2.80 bits per heavy atom. The number of benzene rings is 1. The molecule has 1 amide bonds. The summed E-state index contributed by atoms with van der Waals surface area (Å²) in [5.41, 5.74) is 1.15.